The van der Waals surface area contributed by atoms with Crippen LogP contribution in [0.25, 0.3) is 0 Å². The summed E-state index contributed by atoms with van der Waals surface area (Å²) in [5.74, 6) is 1.27. The molecule has 0 radical (unpaired) electrons. The van der Waals surface area contributed by atoms with E-state index >= 15 is 0 Å². The van der Waals surface area contributed by atoms with E-state index in [1.165, 1.54) is 18.6 Å². The van der Waals surface area contributed by atoms with Gasteiger partial charge in [-0.3, -0.25) is 0 Å². The van der Waals surface area contributed by atoms with Crippen molar-refractivity contribution in [3.63, 3.8) is 0 Å². The van der Waals surface area contributed by atoms with Crippen LogP contribution in [0.2, 0.25) is 0 Å². The molecule has 2 rings (SSSR count). The molecule has 1 unspecified atom stereocenters. The van der Waals surface area contributed by atoms with E-state index in [1.54, 1.807) is 12.1 Å². The lowest BCUT2D eigenvalue weighted by atomic mass is 9.85. The zero-order valence-corrected chi connectivity index (χ0v) is 15.4. The molecule has 0 aliphatic heterocycles. The molecule has 0 saturated heterocycles. The Bertz CT molecular complexity index is 592. The first-order chi connectivity index (χ1) is 11.4. The molecule has 1 aromatic carbocycles. The molecule has 0 bridgehead atoms. The zero-order valence-electron chi connectivity index (χ0n) is 14.6. The first-order valence-electron chi connectivity index (χ1n) is 8.79. The van der Waals surface area contributed by atoms with Crippen molar-refractivity contribution >= 4 is 10.0 Å². The van der Waals surface area contributed by atoms with Crippen LogP contribution in [0, 0.1) is 11.8 Å². The molecule has 1 aromatic rings. The Morgan fingerprint density at radius 2 is 1.79 bits per heavy atom. The van der Waals surface area contributed by atoms with Crippen LogP contribution < -0.4 is 9.46 Å². The lowest BCUT2D eigenvalue weighted by Crippen LogP contribution is -2.37. The average Bonchev–Trinajstić information content (AvgIpc) is 2.59. The van der Waals surface area contributed by atoms with E-state index in [9.17, 15) is 13.5 Å². The summed E-state index contributed by atoms with van der Waals surface area (Å²) in [6.07, 6.45) is 4.78. The quantitative estimate of drug-likeness (QED) is 0.752. The van der Waals surface area contributed by atoms with Crippen LogP contribution in [0.1, 0.15) is 46.0 Å². The van der Waals surface area contributed by atoms with Gasteiger partial charge in [-0.25, -0.2) is 13.1 Å². The second kappa shape index (κ2) is 8.83. The molecule has 5 nitrogen and oxygen atoms in total. The summed E-state index contributed by atoms with van der Waals surface area (Å²) in [4.78, 5) is 0.190. The number of aliphatic hydroxyl groups is 1. The van der Waals surface area contributed by atoms with Crippen molar-refractivity contribution in [2.24, 2.45) is 11.8 Å². The van der Waals surface area contributed by atoms with Crippen LogP contribution >= 0.6 is 0 Å². The molecule has 6 heteroatoms. The fourth-order valence-electron chi connectivity index (χ4n) is 2.94. The number of sulfonamides is 1. The minimum absolute atomic E-state index is 0.0681. The highest BCUT2D eigenvalue weighted by atomic mass is 32.2. The molecule has 0 spiro atoms. The number of nitrogens with one attached hydrogen (secondary N) is 1. The lowest BCUT2D eigenvalue weighted by Gasteiger charge is -2.26. The Labute approximate surface area is 145 Å². The van der Waals surface area contributed by atoms with Crippen LogP contribution in [0.15, 0.2) is 29.2 Å². The number of aliphatic hydroxyl groups excluding tert-OH is 1. The third-order valence-corrected chi connectivity index (χ3v) is 5.83. The van der Waals surface area contributed by atoms with Crippen molar-refractivity contribution in [3.8, 4) is 5.75 Å². The van der Waals surface area contributed by atoms with E-state index < -0.39 is 16.1 Å². The standard InChI is InChI=1S/C18H29NO4S/c1-14(2)13-23-16-8-10-17(11-9-16)24(21,22)19-12-18(20)15-6-4-3-5-7-15/h8-11,14-15,18-20H,3-7,12-13H2,1-2H3. The highest BCUT2D eigenvalue weighted by Gasteiger charge is 2.23. The van der Waals surface area contributed by atoms with Crippen LogP contribution in [-0.4, -0.2) is 32.8 Å². The second-order valence-electron chi connectivity index (χ2n) is 6.99. The number of hydrogen-bond acceptors (Lipinski definition) is 4. The summed E-state index contributed by atoms with van der Waals surface area (Å²) in [7, 11) is -3.61. The Morgan fingerprint density at radius 1 is 1.17 bits per heavy atom. The Hall–Kier alpha value is -1.11. The van der Waals surface area contributed by atoms with E-state index in [1.807, 2.05) is 0 Å². The van der Waals surface area contributed by atoms with E-state index in [-0.39, 0.29) is 17.4 Å². The minimum atomic E-state index is -3.61. The fraction of sp³-hybridized carbons (Fsp3) is 0.667. The highest BCUT2D eigenvalue weighted by Crippen LogP contribution is 2.26. The maximum Gasteiger partial charge on any atom is 0.240 e. The SMILES string of the molecule is CC(C)COc1ccc(S(=O)(=O)NCC(O)C2CCCCC2)cc1. The van der Waals surface area contributed by atoms with Gasteiger partial charge < -0.3 is 9.84 Å². The summed E-state index contributed by atoms with van der Waals surface area (Å²) in [5.41, 5.74) is 0. The number of hydrogen-bond donors (Lipinski definition) is 2. The highest BCUT2D eigenvalue weighted by molar-refractivity contribution is 7.89. The first-order valence-corrected chi connectivity index (χ1v) is 10.3. The monoisotopic (exact) mass is 355 g/mol. The summed E-state index contributed by atoms with van der Waals surface area (Å²) < 4.78 is 32.7. The van der Waals surface area contributed by atoms with Crippen LogP contribution in [0.4, 0.5) is 0 Å². The largest absolute Gasteiger partial charge is 0.493 e. The van der Waals surface area contributed by atoms with E-state index in [2.05, 4.69) is 18.6 Å². The number of rotatable bonds is 8. The molecule has 0 amide bonds. The average molecular weight is 356 g/mol. The summed E-state index contributed by atoms with van der Waals surface area (Å²) in [6, 6.07) is 6.39. The predicted octanol–water partition coefficient (Wildman–Crippen LogP) is 2.94. The van der Waals surface area contributed by atoms with E-state index in [0.717, 1.165) is 25.7 Å². The third kappa shape index (κ3) is 5.76. The Balaban J connectivity index is 1.89. The molecule has 2 N–H and O–H groups in total. The van der Waals surface area contributed by atoms with Crippen molar-refractivity contribution in [1.29, 1.82) is 0 Å². The zero-order chi connectivity index (χ0) is 17.6. The molecule has 1 atom stereocenters. The topological polar surface area (TPSA) is 75.6 Å². The lowest BCUT2D eigenvalue weighted by molar-refractivity contribution is 0.0888. The normalized spacial score (nSPS) is 17.8. The van der Waals surface area contributed by atoms with Gasteiger partial charge in [0, 0.05) is 6.54 Å². The summed E-state index contributed by atoms with van der Waals surface area (Å²) in [5, 5.41) is 10.2. The van der Waals surface area contributed by atoms with E-state index in [0.29, 0.717) is 18.3 Å². The molecule has 1 aliphatic carbocycles. The Kier molecular flexibility index (Phi) is 7.07. The minimum Gasteiger partial charge on any atom is -0.493 e. The second-order valence-corrected chi connectivity index (χ2v) is 8.76. The molecular formula is C18H29NO4S. The van der Waals surface area contributed by atoms with Crippen molar-refractivity contribution in [3.05, 3.63) is 24.3 Å². The van der Waals surface area contributed by atoms with Gasteiger partial charge in [0.2, 0.25) is 10.0 Å². The molecular weight excluding hydrogens is 326 g/mol. The molecule has 136 valence electrons. The number of benzene rings is 1. The maximum atomic E-state index is 12.3. The van der Waals surface area contributed by atoms with Gasteiger partial charge >= 0.3 is 0 Å². The Morgan fingerprint density at radius 3 is 2.38 bits per heavy atom. The van der Waals surface area contributed by atoms with Gasteiger partial charge in [-0.2, -0.15) is 0 Å². The van der Waals surface area contributed by atoms with Gasteiger partial charge in [0.15, 0.2) is 0 Å². The molecule has 0 heterocycles. The van der Waals surface area contributed by atoms with Crippen LogP contribution in [0.3, 0.4) is 0 Å². The molecule has 1 fully saturated rings. The molecule has 0 aromatic heterocycles. The third-order valence-electron chi connectivity index (χ3n) is 4.39. The van der Waals surface area contributed by atoms with Crippen molar-refractivity contribution < 1.29 is 18.3 Å². The van der Waals surface area contributed by atoms with E-state index in [4.69, 9.17) is 4.74 Å². The van der Waals surface area contributed by atoms with Gasteiger partial charge in [0.1, 0.15) is 5.75 Å². The smallest absolute Gasteiger partial charge is 0.240 e. The van der Waals surface area contributed by atoms with Gasteiger partial charge in [-0.05, 0) is 48.9 Å². The number of ether oxygens (including phenoxy) is 1. The predicted molar refractivity (Wildman–Crippen MR) is 94.5 cm³/mol. The maximum absolute atomic E-state index is 12.3. The van der Waals surface area contributed by atoms with Crippen molar-refractivity contribution in [2.75, 3.05) is 13.2 Å². The van der Waals surface area contributed by atoms with Gasteiger partial charge in [-0.1, -0.05) is 33.1 Å². The summed E-state index contributed by atoms with van der Waals surface area (Å²) >= 11 is 0. The summed E-state index contributed by atoms with van der Waals surface area (Å²) in [6.45, 7) is 4.78. The van der Waals surface area contributed by atoms with Crippen LogP contribution in [0.5, 0.6) is 5.75 Å². The van der Waals surface area contributed by atoms with Gasteiger partial charge in [0.05, 0.1) is 17.6 Å². The first kappa shape index (κ1) is 19.2. The van der Waals surface area contributed by atoms with Crippen molar-refractivity contribution in [2.45, 2.75) is 57.0 Å². The van der Waals surface area contributed by atoms with Crippen molar-refractivity contribution in [1.82, 2.24) is 4.72 Å². The molecule has 24 heavy (non-hydrogen) atoms. The van der Waals surface area contributed by atoms with Gasteiger partial charge in [0.25, 0.3) is 0 Å². The molecule has 1 aliphatic rings. The van der Waals surface area contributed by atoms with Gasteiger partial charge in [-0.15, -0.1) is 0 Å². The fourth-order valence-corrected chi connectivity index (χ4v) is 3.99. The molecule has 1 saturated carbocycles. The van der Waals surface area contributed by atoms with Crippen LogP contribution in [-0.2, 0) is 10.0 Å².